The molecular formula is C10H20N2O2. The number of rotatable bonds is 2. The van der Waals surface area contributed by atoms with E-state index in [0.717, 1.165) is 39.1 Å². The first-order chi connectivity index (χ1) is 6.77. The first-order valence-corrected chi connectivity index (χ1v) is 5.43. The molecule has 1 atom stereocenters. The summed E-state index contributed by atoms with van der Waals surface area (Å²) in [5.41, 5.74) is 5.63. The van der Waals surface area contributed by atoms with Crippen LogP contribution < -0.4 is 5.73 Å². The number of likely N-dealkylation sites (tertiary alicyclic amines) is 1. The van der Waals surface area contributed by atoms with E-state index in [-0.39, 0.29) is 5.79 Å². The number of ether oxygens (including phenoxy) is 2. The number of piperidine rings is 1. The van der Waals surface area contributed by atoms with Gasteiger partial charge in [-0.1, -0.05) is 0 Å². The Balaban J connectivity index is 2.05. The third kappa shape index (κ3) is 1.80. The normalized spacial score (nSPS) is 32.6. The van der Waals surface area contributed by atoms with E-state index in [2.05, 4.69) is 11.9 Å². The van der Waals surface area contributed by atoms with E-state index >= 15 is 0 Å². The number of hydrogen-bond donors (Lipinski definition) is 1. The summed E-state index contributed by atoms with van der Waals surface area (Å²) < 4.78 is 11.6. The van der Waals surface area contributed by atoms with Crippen LogP contribution in [0.25, 0.3) is 0 Å². The Morgan fingerprint density at radius 1 is 1.43 bits per heavy atom. The lowest BCUT2D eigenvalue weighted by molar-refractivity contribution is -0.220. The average molecular weight is 200 g/mol. The maximum Gasteiger partial charge on any atom is 0.173 e. The third-order valence-electron chi connectivity index (χ3n) is 3.29. The zero-order valence-corrected chi connectivity index (χ0v) is 8.87. The van der Waals surface area contributed by atoms with Crippen LogP contribution in [0.2, 0.25) is 0 Å². The van der Waals surface area contributed by atoms with Gasteiger partial charge in [-0.2, -0.15) is 0 Å². The second-order valence-electron chi connectivity index (χ2n) is 4.30. The minimum atomic E-state index is -0.300. The first kappa shape index (κ1) is 10.4. The second kappa shape index (κ2) is 4.14. The van der Waals surface area contributed by atoms with Crippen LogP contribution in [0, 0.1) is 5.92 Å². The van der Waals surface area contributed by atoms with Crippen LogP contribution in [0.5, 0.6) is 0 Å². The van der Waals surface area contributed by atoms with Gasteiger partial charge in [-0.15, -0.1) is 0 Å². The predicted octanol–water partition coefficient (Wildman–Crippen LogP) is 0.0300. The largest absolute Gasteiger partial charge is 0.347 e. The van der Waals surface area contributed by atoms with Gasteiger partial charge < -0.3 is 20.1 Å². The topological polar surface area (TPSA) is 47.7 Å². The summed E-state index contributed by atoms with van der Waals surface area (Å²) in [6.45, 7) is 4.29. The lowest BCUT2D eigenvalue weighted by atomic mass is 9.88. The van der Waals surface area contributed by atoms with Crippen LogP contribution in [0.3, 0.4) is 0 Å². The smallest absolute Gasteiger partial charge is 0.173 e. The summed E-state index contributed by atoms with van der Waals surface area (Å²) in [7, 11) is 2.14. The van der Waals surface area contributed by atoms with Crippen LogP contribution in [0.4, 0.5) is 0 Å². The lowest BCUT2D eigenvalue weighted by Crippen LogP contribution is -2.52. The van der Waals surface area contributed by atoms with Crippen molar-refractivity contribution in [1.82, 2.24) is 4.90 Å². The standard InChI is InChI=1S/C10H20N2O2/c1-12-5-3-10(13-6-7-14-10)9(8-12)2-4-11/h9H,2-8,11H2,1H3. The molecule has 2 heterocycles. The Hall–Kier alpha value is -0.160. The van der Waals surface area contributed by atoms with Gasteiger partial charge in [-0.3, -0.25) is 0 Å². The molecule has 2 aliphatic rings. The summed E-state index contributed by atoms with van der Waals surface area (Å²) in [6, 6.07) is 0. The van der Waals surface area contributed by atoms with Crippen LogP contribution in [0.15, 0.2) is 0 Å². The van der Waals surface area contributed by atoms with Gasteiger partial charge in [-0.05, 0) is 20.0 Å². The minimum absolute atomic E-state index is 0.300. The number of nitrogens with zero attached hydrogens (tertiary/aromatic N) is 1. The van der Waals surface area contributed by atoms with Gasteiger partial charge in [0, 0.05) is 25.4 Å². The molecule has 0 saturated carbocycles. The van der Waals surface area contributed by atoms with Crippen molar-refractivity contribution in [3.63, 3.8) is 0 Å². The Kier molecular flexibility index (Phi) is 3.07. The summed E-state index contributed by atoms with van der Waals surface area (Å²) >= 11 is 0. The number of nitrogens with two attached hydrogens (primary N) is 1. The molecule has 14 heavy (non-hydrogen) atoms. The van der Waals surface area contributed by atoms with Crippen LogP contribution in [-0.2, 0) is 9.47 Å². The molecule has 0 amide bonds. The van der Waals surface area contributed by atoms with Crippen molar-refractivity contribution in [2.24, 2.45) is 11.7 Å². The van der Waals surface area contributed by atoms with E-state index in [1.165, 1.54) is 0 Å². The van der Waals surface area contributed by atoms with Crippen LogP contribution in [0.1, 0.15) is 12.8 Å². The van der Waals surface area contributed by atoms with E-state index in [9.17, 15) is 0 Å². The van der Waals surface area contributed by atoms with Gasteiger partial charge in [0.25, 0.3) is 0 Å². The maximum atomic E-state index is 5.79. The SMILES string of the molecule is CN1CCC2(OCCO2)C(CCN)C1. The monoisotopic (exact) mass is 200 g/mol. The molecule has 0 aromatic carbocycles. The second-order valence-corrected chi connectivity index (χ2v) is 4.30. The highest BCUT2D eigenvalue weighted by Gasteiger charge is 2.46. The molecule has 2 rings (SSSR count). The van der Waals surface area contributed by atoms with Gasteiger partial charge in [0.15, 0.2) is 5.79 Å². The quantitative estimate of drug-likeness (QED) is 0.683. The molecule has 0 radical (unpaired) electrons. The molecule has 0 aromatic rings. The van der Waals surface area contributed by atoms with Crippen LogP contribution >= 0.6 is 0 Å². The predicted molar refractivity (Wildman–Crippen MR) is 53.9 cm³/mol. The van der Waals surface area contributed by atoms with Gasteiger partial charge in [0.1, 0.15) is 0 Å². The van der Waals surface area contributed by atoms with E-state index < -0.39 is 0 Å². The zero-order chi connectivity index (χ0) is 10.0. The van der Waals surface area contributed by atoms with Gasteiger partial charge in [0.2, 0.25) is 0 Å². The molecule has 0 aliphatic carbocycles. The van der Waals surface area contributed by atoms with Crippen molar-refractivity contribution in [2.45, 2.75) is 18.6 Å². The fraction of sp³-hybridized carbons (Fsp3) is 1.00. The van der Waals surface area contributed by atoms with Crippen molar-refractivity contribution in [3.05, 3.63) is 0 Å². The Morgan fingerprint density at radius 2 is 2.14 bits per heavy atom. The average Bonchev–Trinajstić information content (AvgIpc) is 2.62. The van der Waals surface area contributed by atoms with E-state index in [0.29, 0.717) is 12.5 Å². The minimum Gasteiger partial charge on any atom is -0.347 e. The lowest BCUT2D eigenvalue weighted by Gasteiger charge is -2.42. The van der Waals surface area contributed by atoms with Gasteiger partial charge in [-0.25, -0.2) is 0 Å². The summed E-state index contributed by atoms with van der Waals surface area (Å²) in [5.74, 6) is 0.139. The maximum absolute atomic E-state index is 5.79. The molecule has 2 saturated heterocycles. The van der Waals surface area contributed by atoms with Crippen molar-refractivity contribution in [3.8, 4) is 0 Å². The van der Waals surface area contributed by atoms with Crippen molar-refractivity contribution < 1.29 is 9.47 Å². The number of hydrogen-bond acceptors (Lipinski definition) is 4. The summed E-state index contributed by atoms with van der Waals surface area (Å²) in [5, 5.41) is 0. The Bertz CT molecular complexity index is 193. The molecule has 82 valence electrons. The van der Waals surface area contributed by atoms with Crippen molar-refractivity contribution in [2.75, 3.05) is 39.9 Å². The molecular weight excluding hydrogens is 180 g/mol. The van der Waals surface area contributed by atoms with Crippen molar-refractivity contribution in [1.29, 1.82) is 0 Å². The highest BCUT2D eigenvalue weighted by molar-refractivity contribution is 4.89. The molecule has 2 fully saturated rings. The molecule has 2 aliphatic heterocycles. The molecule has 4 nitrogen and oxygen atoms in total. The molecule has 2 N–H and O–H groups in total. The molecule has 0 bridgehead atoms. The summed E-state index contributed by atoms with van der Waals surface area (Å²) in [6.07, 6.45) is 1.97. The third-order valence-corrected chi connectivity index (χ3v) is 3.29. The van der Waals surface area contributed by atoms with Crippen LogP contribution in [-0.4, -0.2) is 50.6 Å². The Labute approximate surface area is 85.3 Å². The summed E-state index contributed by atoms with van der Waals surface area (Å²) in [4.78, 5) is 2.33. The van der Waals surface area contributed by atoms with E-state index in [1.54, 1.807) is 0 Å². The highest BCUT2D eigenvalue weighted by atomic mass is 16.7. The molecule has 1 spiro atoms. The van der Waals surface area contributed by atoms with E-state index in [1.807, 2.05) is 0 Å². The molecule has 4 heteroatoms. The van der Waals surface area contributed by atoms with Crippen molar-refractivity contribution >= 4 is 0 Å². The first-order valence-electron chi connectivity index (χ1n) is 5.43. The van der Waals surface area contributed by atoms with Gasteiger partial charge >= 0.3 is 0 Å². The molecule has 0 aromatic heterocycles. The van der Waals surface area contributed by atoms with E-state index in [4.69, 9.17) is 15.2 Å². The fourth-order valence-electron chi connectivity index (χ4n) is 2.52. The highest BCUT2D eigenvalue weighted by Crippen LogP contribution is 2.37. The van der Waals surface area contributed by atoms with Gasteiger partial charge in [0.05, 0.1) is 13.2 Å². The molecule has 1 unspecified atom stereocenters. The zero-order valence-electron chi connectivity index (χ0n) is 8.87. The fourth-order valence-corrected chi connectivity index (χ4v) is 2.52. The Morgan fingerprint density at radius 3 is 2.79 bits per heavy atom.